The molecule has 0 fully saturated rings. The Balaban J connectivity index is 1.75. The Kier molecular flexibility index (Phi) is 2.73. The molecule has 3 aromatic heterocycles. The predicted octanol–water partition coefficient (Wildman–Crippen LogP) is 4.70. The molecule has 0 saturated carbocycles. The molecule has 0 atom stereocenters. The molecule has 0 radical (unpaired) electrons. The Morgan fingerprint density at radius 2 is 1.65 bits per heavy atom. The number of carbonyl (C=O) groups is 2. The molecule has 0 spiro atoms. The van der Waals surface area contributed by atoms with Gasteiger partial charge < -0.3 is 0 Å². The number of rotatable bonds is 2. The molecule has 5 heteroatoms. The van der Waals surface area contributed by atoms with Gasteiger partial charge in [0, 0.05) is 36.5 Å². The van der Waals surface area contributed by atoms with Gasteiger partial charge in [0.15, 0.2) is 11.6 Å². The maximum absolute atomic E-state index is 12.4. The number of hydrogen-bond acceptors (Lipinski definition) is 5. The summed E-state index contributed by atoms with van der Waals surface area (Å²) in [5, 5.41) is 5.59. The zero-order valence-corrected chi connectivity index (χ0v) is 12.6. The summed E-state index contributed by atoms with van der Waals surface area (Å²) in [7, 11) is 0. The maximum atomic E-state index is 12.4. The van der Waals surface area contributed by atoms with Crippen LogP contribution in [0.2, 0.25) is 0 Å². The summed E-state index contributed by atoms with van der Waals surface area (Å²) in [6.07, 6.45) is 0. The minimum absolute atomic E-state index is 0.0502. The molecule has 0 aromatic carbocycles. The first kappa shape index (κ1) is 12.2. The molecule has 0 saturated heterocycles. The van der Waals surface area contributed by atoms with E-state index < -0.39 is 5.92 Å². The molecule has 0 aliphatic heterocycles. The Hall–Kier alpha value is -1.56. The maximum Gasteiger partial charge on any atom is 0.180 e. The van der Waals surface area contributed by atoms with Crippen LogP contribution in [0.3, 0.4) is 0 Å². The number of Topliss-reactive ketones (excluding diaryl/α,β-unsaturated/α-hetero) is 2. The number of fused-ring (bicyclic) bond motifs is 1. The van der Waals surface area contributed by atoms with Gasteiger partial charge in [-0.1, -0.05) is 6.07 Å². The van der Waals surface area contributed by atoms with Gasteiger partial charge in [-0.25, -0.2) is 0 Å². The summed E-state index contributed by atoms with van der Waals surface area (Å²) in [5.74, 6) is -0.719. The van der Waals surface area contributed by atoms with E-state index in [1.165, 1.54) is 16.2 Å². The van der Waals surface area contributed by atoms with Gasteiger partial charge in [0.25, 0.3) is 0 Å². The summed E-state index contributed by atoms with van der Waals surface area (Å²) in [4.78, 5) is 27.9. The van der Waals surface area contributed by atoms with E-state index in [4.69, 9.17) is 0 Å². The van der Waals surface area contributed by atoms with Gasteiger partial charge in [-0.2, -0.15) is 11.3 Å². The summed E-state index contributed by atoms with van der Waals surface area (Å²) >= 11 is 4.62. The highest BCUT2D eigenvalue weighted by molar-refractivity contribution is 7.21. The summed E-state index contributed by atoms with van der Waals surface area (Å²) in [6.45, 7) is 0. The van der Waals surface area contributed by atoms with E-state index in [2.05, 4.69) is 6.07 Å². The zero-order valence-electron chi connectivity index (χ0n) is 10.2. The second kappa shape index (κ2) is 4.48. The molecule has 1 aliphatic rings. The van der Waals surface area contributed by atoms with Crippen molar-refractivity contribution in [3.63, 3.8) is 0 Å². The van der Waals surface area contributed by atoms with Gasteiger partial charge in [-0.05, 0) is 23.6 Å². The molecule has 0 bridgehead atoms. The van der Waals surface area contributed by atoms with Gasteiger partial charge in [-0.3, -0.25) is 9.59 Å². The molecule has 0 N–H and O–H groups in total. The second-order valence-electron chi connectivity index (χ2n) is 4.54. The number of ketones is 2. The molecule has 4 rings (SSSR count). The van der Waals surface area contributed by atoms with E-state index in [0.29, 0.717) is 11.1 Å². The van der Waals surface area contributed by atoms with Crippen molar-refractivity contribution in [2.24, 2.45) is 0 Å². The quantitative estimate of drug-likeness (QED) is 0.642. The lowest BCUT2D eigenvalue weighted by atomic mass is 10.0. The lowest BCUT2D eigenvalue weighted by molar-refractivity contribution is 0.0892. The minimum Gasteiger partial charge on any atom is -0.293 e. The van der Waals surface area contributed by atoms with Crippen LogP contribution < -0.4 is 0 Å². The zero-order chi connectivity index (χ0) is 13.7. The Bertz CT molecular complexity index is 777. The van der Waals surface area contributed by atoms with Gasteiger partial charge in [0.2, 0.25) is 0 Å². The second-order valence-corrected chi connectivity index (χ2v) is 7.35. The highest BCUT2D eigenvalue weighted by Gasteiger charge is 2.41. The van der Waals surface area contributed by atoms with E-state index in [0.717, 1.165) is 9.75 Å². The molecule has 3 aromatic rings. The first-order valence-electron chi connectivity index (χ1n) is 6.04. The molecule has 3 heterocycles. The fourth-order valence-corrected chi connectivity index (χ4v) is 5.19. The molecule has 2 nitrogen and oxygen atoms in total. The summed E-state index contributed by atoms with van der Waals surface area (Å²) in [5.41, 5.74) is 1.19. The molecule has 98 valence electrons. The van der Waals surface area contributed by atoms with Crippen LogP contribution in [0.1, 0.15) is 31.5 Å². The Morgan fingerprint density at radius 3 is 2.30 bits per heavy atom. The number of thiophene rings is 3. The average Bonchev–Trinajstić information content (AvgIpc) is 3.18. The minimum atomic E-state index is -0.618. The standard InChI is InChI=1S/C15H8O2S3/c16-14-8-6-18-7-9(8)15(17)13(14)12-4-3-11(20-12)10-2-1-5-19-10/h1-7,13H. The SMILES string of the molecule is O=C1c2cscc2C(=O)C1c1ccc(-c2cccs2)s1. The van der Waals surface area contributed by atoms with E-state index in [9.17, 15) is 9.59 Å². The number of hydrogen-bond donors (Lipinski definition) is 0. The molecule has 1 aliphatic carbocycles. The van der Waals surface area contributed by atoms with Crippen LogP contribution in [0.4, 0.5) is 0 Å². The van der Waals surface area contributed by atoms with Crippen LogP contribution in [-0.4, -0.2) is 11.6 Å². The van der Waals surface area contributed by atoms with Crippen molar-refractivity contribution >= 4 is 45.6 Å². The molecule has 20 heavy (non-hydrogen) atoms. The third-order valence-electron chi connectivity index (χ3n) is 3.39. The van der Waals surface area contributed by atoms with E-state index in [-0.39, 0.29) is 11.6 Å². The summed E-state index contributed by atoms with van der Waals surface area (Å²) in [6, 6.07) is 7.96. The van der Waals surface area contributed by atoms with Crippen molar-refractivity contribution in [2.45, 2.75) is 5.92 Å². The molecular formula is C15H8O2S3. The lowest BCUT2D eigenvalue weighted by Crippen LogP contribution is -2.11. The topological polar surface area (TPSA) is 34.1 Å². The Labute approximate surface area is 127 Å². The van der Waals surface area contributed by atoms with Crippen LogP contribution in [0.5, 0.6) is 0 Å². The third-order valence-corrected chi connectivity index (χ3v) is 6.35. The van der Waals surface area contributed by atoms with Gasteiger partial charge in [-0.15, -0.1) is 22.7 Å². The van der Waals surface area contributed by atoms with Crippen molar-refractivity contribution in [3.8, 4) is 9.75 Å². The van der Waals surface area contributed by atoms with E-state index >= 15 is 0 Å². The van der Waals surface area contributed by atoms with Gasteiger partial charge in [0.1, 0.15) is 5.92 Å². The van der Waals surface area contributed by atoms with Crippen molar-refractivity contribution in [3.05, 3.63) is 56.4 Å². The van der Waals surface area contributed by atoms with E-state index in [1.807, 2.05) is 23.6 Å². The van der Waals surface area contributed by atoms with Gasteiger partial charge >= 0.3 is 0 Å². The van der Waals surface area contributed by atoms with Crippen molar-refractivity contribution in [1.82, 2.24) is 0 Å². The summed E-state index contributed by atoms with van der Waals surface area (Å²) < 4.78 is 0. The first-order chi connectivity index (χ1) is 9.75. The first-order valence-corrected chi connectivity index (χ1v) is 8.68. The largest absolute Gasteiger partial charge is 0.293 e. The van der Waals surface area contributed by atoms with Gasteiger partial charge in [0.05, 0.1) is 0 Å². The normalized spacial score (nSPS) is 15.0. The van der Waals surface area contributed by atoms with E-state index in [1.54, 1.807) is 33.4 Å². The fraction of sp³-hybridized carbons (Fsp3) is 0.0667. The predicted molar refractivity (Wildman–Crippen MR) is 83.4 cm³/mol. The molecular weight excluding hydrogens is 308 g/mol. The lowest BCUT2D eigenvalue weighted by Gasteiger charge is -2.03. The van der Waals surface area contributed by atoms with Crippen LogP contribution >= 0.6 is 34.0 Å². The van der Waals surface area contributed by atoms with Crippen LogP contribution in [0, 0.1) is 0 Å². The highest BCUT2D eigenvalue weighted by Crippen LogP contribution is 2.41. The number of carbonyl (C=O) groups excluding carboxylic acids is 2. The van der Waals surface area contributed by atoms with Crippen molar-refractivity contribution in [2.75, 3.05) is 0 Å². The molecule has 0 unspecified atom stereocenters. The smallest absolute Gasteiger partial charge is 0.180 e. The van der Waals surface area contributed by atoms with Crippen LogP contribution in [-0.2, 0) is 0 Å². The average molecular weight is 316 g/mol. The van der Waals surface area contributed by atoms with Crippen molar-refractivity contribution in [1.29, 1.82) is 0 Å². The highest BCUT2D eigenvalue weighted by atomic mass is 32.1. The van der Waals surface area contributed by atoms with Crippen molar-refractivity contribution < 1.29 is 9.59 Å². The van der Waals surface area contributed by atoms with Crippen LogP contribution in [0.25, 0.3) is 9.75 Å². The Morgan fingerprint density at radius 1 is 0.900 bits per heavy atom. The monoisotopic (exact) mass is 316 g/mol. The fourth-order valence-electron chi connectivity index (χ4n) is 2.43. The molecule has 0 amide bonds. The van der Waals surface area contributed by atoms with Crippen LogP contribution in [0.15, 0.2) is 40.4 Å². The third kappa shape index (κ3) is 1.67.